The van der Waals surface area contributed by atoms with Crippen molar-refractivity contribution < 1.29 is 4.74 Å². The fraction of sp³-hybridized carbons (Fsp3) is 0.733. The first-order valence-electron chi connectivity index (χ1n) is 7.54. The Bertz CT molecular complexity index is 511. The summed E-state index contributed by atoms with van der Waals surface area (Å²) in [7, 11) is 0. The van der Waals surface area contributed by atoms with Crippen molar-refractivity contribution in [3.8, 4) is 0 Å². The van der Waals surface area contributed by atoms with Gasteiger partial charge in [-0.15, -0.1) is 0 Å². The van der Waals surface area contributed by atoms with Gasteiger partial charge in [0.05, 0.1) is 5.56 Å². The van der Waals surface area contributed by atoms with Gasteiger partial charge in [-0.05, 0) is 25.7 Å². The van der Waals surface area contributed by atoms with E-state index in [9.17, 15) is 4.79 Å². The summed E-state index contributed by atoms with van der Waals surface area (Å²) in [4.78, 5) is 19.6. The first-order valence-corrected chi connectivity index (χ1v) is 7.54. The molecule has 1 aromatic rings. The average Bonchev–Trinajstić information content (AvgIpc) is 2.38. The average molecular weight is 279 g/mol. The Labute approximate surface area is 119 Å². The molecule has 0 bridgehead atoms. The number of anilines is 1. The lowest BCUT2D eigenvalue weighted by atomic mass is 9.83. The molecule has 5 heteroatoms. The molecule has 3 N–H and O–H groups in total. The molecule has 112 valence electrons. The summed E-state index contributed by atoms with van der Waals surface area (Å²) in [5.41, 5.74) is 5.97. The topological polar surface area (TPSA) is 81.0 Å². The number of ether oxygens (including phenoxy) is 1. The summed E-state index contributed by atoms with van der Waals surface area (Å²) in [6.07, 6.45) is 5.18. The number of H-pyrrole nitrogens is 1. The number of nitrogens with one attached hydrogen (secondary N) is 1. The molecule has 5 nitrogen and oxygen atoms in total. The quantitative estimate of drug-likeness (QED) is 0.888. The van der Waals surface area contributed by atoms with Gasteiger partial charge in [-0.3, -0.25) is 4.79 Å². The first kappa shape index (κ1) is 15.0. The Morgan fingerprint density at radius 3 is 2.50 bits per heavy atom. The molecule has 1 aliphatic rings. The van der Waals surface area contributed by atoms with Crippen molar-refractivity contribution in [2.75, 3.05) is 12.3 Å². The summed E-state index contributed by atoms with van der Waals surface area (Å²) in [5.74, 6) is 1.00. The molecule has 0 unspecified atom stereocenters. The molecule has 20 heavy (non-hydrogen) atoms. The van der Waals surface area contributed by atoms with E-state index >= 15 is 0 Å². The minimum atomic E-state index is -0.463. The predicted molar refractivity (Wildman–Crippen MR) is 79.7 cm³/mol. The van der Waals surface area contributed by atoms with E-state index in [0.717, 1.165) is 25.7 Å². The molecule has 1 aliphatic carbocycles. The molecular formula is C15H25N3O2. The van der Waals surface area contributed by atoms with Crippen LogP contribution in [0, 0.1) is 0 Å². The number of aromatic nitrogens is 2. The molecule has 1 fully saturated rings. The molecular weight excluding hydrogens is 254 g/mol. The van der Waals surface area contributed by atoms with E-state index in [4.69, 9.17) is 10.5 Å². The van der Waals surface area contributed by atoms with Crippen molar-refractivity contribution in [3.63, 3.8) is 0 Å². The van der Waals surface area contributed by atoms with Crippen molar-refractivity contribution in [1.82, 2.24) is 9.97 Å². The van der Waals surface area contributed by atoms with E-state index < -0.39 is 5.60 Å². The number of hydrogen-bond donors (Lipinski definition) is 2. The zero-order valence-corrected chi connectivity index (χ0v) is 12.7. The molecule has 0 saturated heterocycles. The molecule has 2 rings (SSSR count). The highest BCUT2D eigenvalue weighted by atomic mass is 16.5. The summed E-state index contributed by atoms with van der Waals surface area (Å²) < 4.78 is 5.98. The monoisotopic (exact) mass is 279 g/mol. The Morgan fingerprint density at radius 1 is 1.35 bits per heavy atom. The standard InChI is InChI=1S/C15H25N3O2/c1-4-20-15(8-6-5-7-9-15)14-17-12(16)11(10(2)3)13(19)18-14/h10H,4-9H2,1-3H3,(H3,16,17,18,19). The number of nitrogens with two attached hydrogens (primary N) is 1. The second kappa shape index (κ2) is 5.95. The van der Waals surface area contributed by atoms with Gasteiger partial charge in [0.2, 0.25) is 0 Å². The Morgan fingerprint density at radius 2 is 2.00 bits per heavy atom. The van der Waals surface area contributed by atoms with Crippen LogP contribution in [0.1, 0.15) is 70.2 Å². The van der Waals surface area contributed by atoms with Gasteiger partial charge in [0, 0.05) is 6.61 Å². The summed E-state index contributed by atoms with van der Waals surface area (Å²) in [6.45, 7) is 6.47. The van der Waals surface area contributed by atoms with E-state index in [1.807, 2.05) is 20.8 Å². The maximum Gasteiger partial charge on any atom is 0.256 e. The van der Waals surface area contributed by atoms with Gasteiger partial charge in [0.15, 0.2) is 0 Å². The second-order valence-electron chi connectivity index (χ2n) is 5.86. The van der Waals surface area contributed by atoms with Crippen molar-refractivity contribution in [3.05, 3.63) is 21.7 Å². The zero-order chi connectivity index (χ0) is 14.8. The van der Waals surface area contributed by atoms with Gasteiger partial charge in [-0.2, -0.15) is 0 Å². The molecule has 1 aromatic heterocycles. The lowest BCUT2D eigenvalue weighted by Gasteiger charge is -2.36. The highest BCUT2D eigenvalue weighted by Crippen LogP contribution is 2.39. The third-order valence-electron chi connectivity index (χ3n) is 4.08. The molecule has 0 radical (unpaired) electrons. The van der Waals surface area contributed by atoms with Crippen LogP contribution < -0.4 is 11.3 Å². The Hall–Kier alpha value is -1.36. The van der Waals surface area contributed by atoms with E-state index in [1.165, 1.54) is 6.42 Å². The maximum atomic E-state index is 12.3. The molecule has 0 aliphatic heterocycles. The third-order valence-corrected chi connectivity index (χ3v) is 4.08. The molecule has 0 amide bonds. The third kappa shape index (κ3) is 2.73. The van der Waals surface area contributed by atoms with E-state index in [0.29, 0.717) is 23.8 Å². The minimum Gasteiger partial charge on any atom is -0.383 e. The normalized spacial score (nSPS) is 18.4. The van der Waals surface area contributed by atoms with Crippen LogP contribution in [0.25, 0.3) is 0 Å². The van der Waals surface area contributed by atoms with Gasteiger partial charge in [0.25, 0.3) is 5.56 Å². The van der Waals surface area contributed by atoms with Crippen LogP contribution in [-0.4, -0.2) is 16.6 Å². The van der Waals surface area contributed by atoms with Crippen LogP contribution in [-0.2, 0) is 10.3 Å². The molecule has 1 saturated carbocycles. The Balaban J connectivity index is 2.47. The summed E-state index contributed by atoms with van der Waals surface area (Å²) >= 11 is 0. The number of aromatic amines is 1. The number of hydrogen-bond acceptors (Lipinski definition) is 4. The van der Waals surface area contributed by atoms with Crippen LogP contribution in [0.2, 0.25) is 0 Å². The van der Waals surface area contributed by atoms with Crippen LogP contribution in [0.4, 0.5) is 5.82 Å². The fourth-order valence-electron chi connectivity index (χ4n) is 3.12. The first-order chi connectivity index (χ1) is 9.50. The number of nitrogens with zero attached hydrogens (tertiary/aromatic N) is 1. The number of nitrogen functional groups attached to an aromatic ring is 1. The molecule has 0 atom stereocenters. The highest BCUT2D eigenvalue weighted by molar-refractivity contribution is 5.40. The van der Waals surface area contributed by atoms with Crippen molar-refractivity contribution in [2.24, 2.45) is 0 Å². The lowest BCUT2D eigenvalue weighted by molar-refractivity contribution is -0.0767. The highest BCUT2D eigenvalue weighted by Gasteiger charge is 2.37. The van der Waals surface area contributed by atoms with Gasteiger partial charge >= 0.3 is 0 Å². The van der Waals surface area contributed by atoms with E-state index in [1.54, 1.807) is 0 Å². The van der Waals surface area contributed by atoms with Crippen LogP contribution in [0.15, 0.2) is 4.79 Å². The largest absolute Gasteiger partial charge is 0.383 e. The smallest absolute Gasteiger partial charge is 0.256 e. The zero-order valence-electron chi connectivity index (χ0n) is 12.7. The van der Waals surface area contributed by atoms with Crippen molar-refractivity contribution >= 4 is 5.82 Å². The van der Waals surface area contributed by atoms with Crippen molar-refractivity contribution in [1.29, 1.82) is 0 Å². The van der Waals surface area contributed by atoms with E-state index in [2.05, 4.69) is 9.97 Å². The van der Waals surface area contributed by atoms with Crippen LogP contribution >= 0.6 is 0 Å². The minimum absolute atomic E-state index is 0.0645. The van der Waals surface area contributed by atoms with Crippen LogP contribution in [0.5, 0.6) is 0 Å². The summed E-state index contributed by atoms with van der Waals surface area (Å²) in [5, 5.41) is 0. The van der Waals surface area contributed by atoms with E-state index in [-0.39, 0.29) is 11.5 Å². The number of rotatable bonds is 4. The predicted octanol–water partition coefficient (Wildman–Crippen LogP) is 2.67. The summed E-state index contributed by atoms with van der Waals surface area (Å²) in [6, 6.07) is 0. The Kier molecular flexibility index (Phi) is 4.48. The molecule has 0 aromatic carbocycles. The van der Waals surface area contributed by atoms with Gasteiger partial charge in [0.1, 0.15) is 17.2 Å². The molecule has 1 heterocycles. The van der Waals surface area contributed by atoms with Gasteiger partial charge in [-0.25, -0.2) is 4.98 Å². The fourth-order valence-corrected chi connectivity index (χ4v) is 3.12. The van der Waals surface area contributed by atoms with Crippen LogP contribution in [0.3, 0.4) is 0 Å². The second-order valence-corrected chi connectivity index (χ2v) is 5.86. The SMILES string of the molecule is CCOC1(c2nc(N)c(C(C)C)c(=O)[nH]2)CCCCC1. The lowest BCUT2D eigenvalue weighted by Crippen LogP contribution is -2.37. The van der Waals surface area contributed by atoms with Gasteiger partial charge < -0.3 is 15.5 Å². The maximum absolute atomic E-state index is 12.3. The van der Waals surface area contributed by atoms with Gasteiger partial charge in [-0.1, -0.05) is 33.1 Å². The van der Waals surface area contributed by atoms with Crippen molar-refractivity contribution in [2.45, 2.75) is 64.4 Å². The molecule has 0 spiro atoms.